The molecule has 0 radical (unpaired) electrons. The predicted octanol–water partition coefficient (Wildman–Crippen LogP) is 0.903. The Morgan fingerprint density at radius 1 is 1.09 bits per heavy atom. The normalized spacial score (nSPS) is 14.4. The van der Waals surface area contributed by atoms with Crippen molar-refractivity contribution >= 4 is 23.1 Å². The molecule has 0 atom stereocenters. The van der Waals surface area contributed by atoms with E-state index in [1.165, 1.54) is 11.3 Å². The summed E-state index contributed by atoms with van der Waals surface area (Å²) in [6.45, 7) is 8.21. The number of carbonyl (C=O) groups excluding carboxylic acids is 1. The molecule has 1 saturated heterocycles. The van der Waals surface area contributed by atoms with Crippen molar-refractivity contribution in [3.8, 4) is 11.3 Å². The zero-order valence-corrected chi connectivity index (χ0v) is 27.6. The summed E-state index contributed by atoms with van der Waals surface area (Å²) >= 11 is 1.22. The third kappa shape index (κ3) is 9.14. The average molecular weight is 635 g/mol. The van der Waals surface area contributed by atoms with Gasteiger partial charge < -0.3 is 14.8 Å². The van der Waals surface area contributed by atoms with E-state index < -0.39 is 29.3 Å². The summed E-state index contributed by atoms with van der Waals surface area (Å²) in [4.78, 5) is 30.3. The van der Waals surface area contributed by atoms with Crippen LogP contribution in [0, 0.1) is 18.6 Å². The molecule has 0 spiro atoms. The van der Waals surface area contributed by atoms with Crippen LogP contribution in [0.25, 0.3) is 11.3 Å². The van der Waals surface area contributed by atoms with Crippen molar-refractivity contribution in [2.45, 2.75) is 52.4 Å². The summed E-state index contributed by atoms with van der Waals surface area (Å²) in [7, 11) is 1.86. The van der Waals surface area contributed by atoms with E-state index in [-0.39, 0.29) is 71.2 Å². The van der Waals surface area contributed by atoms with Gasteiger partial charge in [0.15, 0.2) is 11.6 Å². The molecule has 1 aliphatic rings. The maximum atomic E-state index is 15.8. The van der Waals surface area contributed by atoms with Crippen molar-refractivity contribution in [2.24, 2.45) is 0 Å². The summed E-state index contributed by atoms with van der Waals surface area (Å²) in [6.07, 6.45) is -4.84. The number of carbonyl (C=O) groups is 1. The van der Waals surface area contributed by atoms with E-state index in [1.807, 2.05) is 30.7 Å². The Balaban J connectivity index is 0.00000506. The quantitative estimate of drug-likeness (QED) is 0.240. The van der Waals surface area contributed by atoms with E-state index in [9.17, 15) is 27.5 Å². The van der Waals surface area contributed by atoms with Crippen LogP contribution in [0.15, 0.2) is 18.2 Å². The van der Waals surface area contributed by atoms with E-state index in [0.29, 0.717) is 61.0 Å². The number of nitrogens with zero attached hydrogens (tertiary/aromatic N) is 6. The first-order valence-corrected chi connectivity index (χ1v) is 14.3. The molecule has 4 rings (SSSR count). The zero-order chi connectivity index (χ0) is 30.8. The topological polar surface area (TPSA) is 88.5 Å². The van der Waals surface area contributed by atoms with Gasteiger partial charge in [-0.2, -0.15) is 13.2 Å². The number of benzene rings is 1. The summed E-state index contributed by atoms with van der Waals surface area (Å²) in [5, 5.41) is 11.2. The number of thiazole rings is 1. The van der Waals surface area contributed by atoms with Crippen molar-refractivity contribution < 1.29 is 61.4 Å². The van der Waals surface area contributed by atoms with Gasteiger partial charge in [-0.05, 0) is 52.4 Å². The van der Waals surface area contributed by atoms with Crippen LogP contribution in [0.3, 0.4) is 0 Å². The van der Waals surface area contributed by atoms with Gasteiger partial charge in [0.2, 0.25) is 0 Å². The largest absolute Gasteiger partial charge is 1.00 e. The van der Waals surface area contributed by atoms with Gasteiger partial charge in [0.25, 0.3) is 0 Å². The van der Waals surface area contributed by atoms with Crippen LogP contribution < -0.4 is 39.6 Å². The standard InChI is InChI=1S/C28H33F5N6O2S.Na/c1-16(2)37(4)15-22-26(18-11-19(28(31,32)33)13-20(29)12-18)36-23(42-22)14-21-25(30)27(35-17(3)34-21)39-9-7-38(8-10-39)6-5-24(40)41;/h11-13,16H,5-10,14-15H2,1-4H3,(H,40,41);/q;+1/p-1. The monoisotopic (exact) mass is 634 g/mol. The molecule has 0 unspecified atom stereocenters. The first-order chi connectivity index (χ1) is 19.7. The molecule has 8 nitrogen and oxygen atoms in total. The number of rotatable bonds is 10. The molecule has 0 N–H and O–H groups in total. The first kappa shape index (κ1) is 35.3. The molecule has 228 valence electrons. The van der Waals surface area contributed by atoms with E-state index >= 15 is 4.39 Å². The number of aryl methyl sites for hydroxylation is 1. The minimum Gasteiger partial charge on any atom is -0.550 e. The molecule has 43 heavy (non-hydrogen) atoms. The molecule has 0 saturated carbocycles. The van der Waals surface area contributed by atoms with E-state index in [0.717, 1.165) is 12.1 Å². The van der Waals surface area contributed by atoms with Crippen molar-refractivity contribution in [3.63, 3.8) is 0 Å². The number of anilines is 1. The Hall–Kier alpha value is -2.23. The number of aliphatic carboxylic acids is 1. The maximum absolute atomic E-state index is 15.8. The minimum atomic E-state index is -4.73. The second kappa shape index (κ2) is 14.7. The van der Waals surface area contributed by atoms with Gasteiger partial charge in [-0.1, -0.05) is 0 Å². The molecule has 3 aromatic rings. The van der Waals surface area contributed by atoms with Crippen LogP contribution in [0.1, 0.15) is 47.2 Å². The zero-order valence-electron chi connectivity index (χ0n) is 24.8. The molecular weight excluding hydrogens is 602 g/mol. The van der Waals surface area contributed by atoms with Crippen LogP contribution in [-0.2, 0) is 23.9 Å². The number of carboxylic acid groups (broad SMARTS) is 1. The Morgan fingerprint density at radius 2 is 1.77 bits per heavy atom. The molecule has 15 heteroatoms. The van der Waals surface area contributed by atoms with Gasteiger partial charge >= 0.3 is 35.7 Å². The van der Waals surface area contributed by atoms with E-state index in [4.69, 9.17) is 0 Å². The molecule has 3 heterocycles. The van der Waals surface area contributed by atoms with Crippen LogP contribution in [0.5, 0.6) is 0 Å². The molecule has 1 fully saturated rings. The van der Waals surface area contributed by atoms with Gasteiger partial charge in [0, 0.05) is 68.1 Å². The molecule has 1 aliphatic heterocycles. The van der Waals surface area contributed by atoms with Gasteiger partial charge in [-0.15, -0.1) is 11.3 Å². The Labute approximate surface area is 273 Å². The van der Waals surface area contributed by atoms with Crippen LogP contribution in [0.4, 0.5) is 27.8 Å². The fraction of sp³-hybridized carbons (Fsp3) is 0.500. The molecule has 0 aliphatic carbocycles. The van der Waals surface area contributed by atoms with Gasteiger partial charge in [-0.25, -0.2) is 23.7 Å². The summed E-state index contributed by atoms with van der Waals surface area (Å²) < 4.78 is 70.5. The summed E-state index contributed by atoms with van der Waals surface area (Å²) in [5.74, 6) is -2.29. The Morgan fingerprint density at radius 3 is 2.37 bits per heavy atom. The van der Waals surface area contributed by atoms with E-state index in [2.05, 4.69) is 15.0 Å². The fourth-order valence-electron chi connectivity index (χ4n) is 4.61. The Bertz CT molecular complexity index is 1430. The number of hydrogen-bond acceptors (Lipinski definition) is 9. The van der Waals surface area contributed by atoms with Crippen molar-refractivity contribution in [2.75, 3.05) is 44.7 Å². The van der Waals surface area contributed by atoms with Crippen LogP contribution in [0.2, 0.25) is 0 Å². The SMILES string of the molecule is Cc1nc(Cc2nc(-c3cc(F)cc(C(F)(F)F)c3)c(CN(C)C(C)C)s2)c(F)c(N2CCN(CCC(=O)[O-])CC2)n1.[Na+]. The number of carboxylic acids is 1. The number of halogens is 5. The van der Waals surface area contributed by atoms with Crippen LogP contribution in [-0.4, -0.2) is 76.5 Å². The maximum Gasteiger partial charge on any atom is 1.00 e. The number of aromatic nitrogens is 3. The summed E-state index contributed by atoms with van der Waals surface area (Å²) in [5.41, 5.74) is -0.812. The minimum absolute atomic E-state index is 0. The van der Waals surface area contributed by atoms with Gasteiger partial charge in [0.05, 0.1) is 22.0 Å². The van der Waals surface area contributed by atoms with Crippen molar-refractivity contribution in [3.05, 3.63) is 56.8 Å². The second-order valence-electron chi connectivity index (χ2n) is 10.6. The first-order valence-electron chi connectivity index (χ1n) is 13.5. The molecule has 1 aromatic carbocycles. The van der Waals surface area contributed by atoms with Gasteiger partial charge in [0.1, 0.15) is 11.6 Å². The molecular formula is C28H32F5N6NaO2S. The van der Waals surface area contributed by atoms with Gasteiger partial charge in [-0.3, -0.25) is 9.80 Å². The summed E-state index contributed by atoms with van der Waals surface area (Å²) in [6, 6.07) is 2.46. The predicted molar refractivity (Wildman–Crippen MR) is 147 cm³/mol. The van der Waals surface area contributed by atoms with Crippen LogP contribution >= 0.6 is 11.3 Å². The van der Waals surface area contributed by atoms with E-state index in [1.54, 1.807) is 11.8 Å². The third-order valence-corrected chi connectivity index (χ3v) is 8.19. The number of alkyl halides is 3. The average Bonchev–Trinajstić information content (AvgIpc) is 3.30. The fourth-order valence-corrected chi connectivity index (χ4v) is 5.77. The second-order valence-corrected chi connectivity index (χ2v) is 11.8. The van der Waals surface area contributed by atoms with Crippen molar-refractivity contribution in [1.82, 2.24) is 24.8 Å². The molecule has 0 bridgehead atoms. The third-order valence-electron chi connectivity index (χ3n) is 7.15. The molecule has 0 amide bonds. The molecule has 2 aromatic heterocycles. The number of hydrogen-bond donors (Lipinski definition) is 0. The number of piperazine rings is 1. The van der Waals surface area contributed by atoms with Crippen molar-refractivity contribution in [1.29, 1.82) is 0 Å². The Kier molecular flexibility index (Phi) is 12.1. The smallest absolute Gasteiger partial charge is 0.550 e.